The zero-order valence-corrected chi connectivity index (χ0v) is 25.9. The first-order valence-corrected chi connectivity index (χ1v) is 15.5. The molecule has 6 atom stereocenters. The number of aliphatic hydroxyl groups excluding tert-OH is 1. The average Bonchev–Trinajstić information content (AvgIpc) is 3.60. The molecular weight excluding hydrogens is 614 g/mol. The van der Waals surface area contributed by atoms with Crippen LogP contribution in [0.5, 0.6) is 5.75 Å². The van der Waals surface area contributed by atoms with E-state index in [0.29, 0.717) is 31.0 Å². The molecule has 3 aliphatic rings. The van der Waals surface area contributed by atoms with Gasteiger partial charge in [-0.1, -0.05) is 58.4 Å². The molecule has 2 aromatic carbocycles. The number of amides is 3. The molecule has 3 saturated heterocycles. The second-order valence-corrected chi connectivity index (χ2v) is 12.3. The van der Waals surface area contributed by atoms with E-state index in [0.717, 1.165) is 5.56 Å². The van der Waals surface area contributed by atoms with E-state index in [-0.39, 0.29) is 48.8 Å². The van der Waals surface area contributed by atoms with Crippen molar-refractivity contribution in [3.63, 3.8) is 0 Å². The van der Waals surface area contributed by atoms with Crippen molar-refractivity contribution in [1.82, 2.24) is 9.80 Å². The molecule has 0 aliphatic carbocycles. The SMILES string of the molecule is C=CCN(Cc1ccccc1)C(=O)C1N(CCO)C(=O)[C@@H]2[C@H](C(=O)N(CC=C)c3ccc(OCC)cc3)[C@H]3OC12CC3Br. The summed E-state index contributed by atoms with van der Waals surface area (Å²) in [5.74, 6) is -1.95. The molecule has 5 rings (SSSR count). The van der Waals surface area contributed by atoms with Gasteiger partial charge in [0.2, 0.25) is 17.7 Å². The number of halogens is 1. The Hall–Kier alpha value is -3.47. The number of aliphatic hydroxyl groups is 1. The predicted molar refractivity (Wildman–Crippen MR) is 167 cm³/mol. The number of likely N-dealkylation sites (tertiary alicyclic amines) is 1. The van der Waals surface area contributed by atoms with E-state index < -0.39 is 29.6 Å². The van der Waals surface area contributed by atoms with Gasteiger partial charge in [-0.05, 0) is 43.2 Å². The molecule has 3 fully saturated rings. The second kappa shape index (κ2) is 13.0. The fourth-order valence-corrected chi connectivity index (χ4v) is 7.87. The Balaban J connectivity index is 1.51. The van der Waals surface area contributed by atoms with Crippen LogP contribution in [0.1, 0.15) is 18.9 Å². The summed E-state index contributed by atoms with van der Waals surface area (Å²) in [5.41, 5.74) is 0.349. The molecule has 1 N–H and O–H groups in total. The van der Waals surface area contributed by atoms with Gasteiger partial charge in [-0.3, -0.25) is 14.4 Å². The van der Waals surface area contributed by atoms with E-state index in [2.05, 4.69) is 29.1 Å². The molecule has 228 valence electrons. The van der Waals surface area contributed by atoms with Gasteiger partial charge in [-0.15, -0.1) is 13.2 Å². The van der Waals surface area contributed by atoms with E-state index in [9.17, 15) is 19.5 Å². The minimum Gasteiger partial charge on any atom is -0.494 e. The van der Waals surface area contributed by atoms with Crippen LogP contribution in [0.25, 0.3) is 0 Å². The monoisotopic (exact) mass is 651 g/mol. The smallest absolute Gasteiger partial charge is 0.248 e. The van der Waals surface area contributed by atoms with Crippen LogP contribution in [0.15, 0.2) is 79.9 Å². The lowest BCUT2D eigenvalue weighted by Gasteiger charge is -2.37. The topological polar surface area (TPSA) is 99.6 Å². The van der Waals surface area contributed by atoms with Gasteiger partial charge in [-0.2, -0.15) is 0 Å². The van der Waals surface area contributed by atoms with Crippen LogP contribution >= 0.6 is 15.9 Å². The molecule has 0 aromatic heterocycles. The third-order valence-electron chi connectivity index (χ3n) is 8.56. The summed E-state index contributed by atoms with van der Waals surface area (Å²) in [7, 11) is 0. The molecule has 0 saturated carbocycles. The fourth-order valence-electron chi connectivity index (χ4n) is 6.92. The van der Waals surface area contributed by atoms with Crippen molar-refractivity contribution < 1.29 is 29.0 Å². The summed E-state index contributed by atoms with van der Waals surface area (Å²) in [5, 5.41) is 9.96. The molecule has 2 aromatic rings. The standard InChI is InChI=1S/C33H38BrN3O6/c1-4-16-35(21-22-10-8-7-9-11-22)32(41)29-33-20-25(34)28(43-33)26(27(33)31(40)37(29)18-19-38)30(39)36(17-5-2)23-12-14-24(15-13-23)42-6-3/h4-5,7-15,25-29,38H,1-2,6,16-21H2,3H3/t25?,26-,27-,28-,29?,33?/m0/s1. The van der Waals surface area contributed by atoms with Crippen molar-refractivity contribution in [2.75, 3.05) is 37.7 Å². The molecule has 3 aliphatic heterocycles. The van der Waals surface area contributed by atoms with Gasteiger partial charge >= 0.3 is 0 Å². The number of β-amino-alcohol motifs (C(OH)–C–C–N with tert-alkyl or cyclic N) is 1. The van der Waals surface area contributed by atoms with Crippen LogP contribution in [0.2, 0.25) is 0 Å². The lowest BCUT2D eigenvalue weighted by Crippen LogP contribution is -2.57. The highest BCUT2D eigenvalue weighted by molar-refractivity contribution is 9.09. The van der Waals surface area contributed by atoms with Crippen molar-refractivity contribution in [3.05, 3.63) is 85.5 Å². The molecule has 2 bridgehead atoms. The summed E-state index contributed by atoms with van der Waals surface area (Å²) >= 11 is 3.73. The van der Waals surface area contributed by atoms with Gasteiger partial charge in [0.05, 0.1) is 31.2 Å². The van der Waals surface area contributed by atoms with E-state index >= 15 is 0 Å². The number of nitrogens with zero attached hydrogens (tertiary/aromatic N) is 3. The Bertz CT molecular complexity index is 1350. The second-order valence-electron chi connectivity index (χ2n) is 11.1. The van der Waals surface area contributed by atoms with Crippen LogP contribution in [0.4, 0.5) is 5.69 Å². The molecule has 3 unspecified atom stereocenters. The molecule has 3 amide bonds. The van der Waals surface area contributed by atoms with Crippen molar-refractivity contribution in [2.45, 2.75) is 42.5 Å². The molecule has 9 nitrogen and oxygen atoms in total. The average molecular weight is 653 g/mol. The largest absolute Gasteiger partial charge is 0.494 e. The van der Waals surface area contributed by atoms with Crippen molar-refractivity contribution in [1.29, 1.82) is 0 Å². The summed E-state index contributed by atoms with van der Waals surface area (Å²) in [4.78, 5) is 47.4. The molecule has 1 spiro atoms. The Kier molecular flexibility index (Phi) is 9.39. The number of fused-ring (bicyclic) bond motifs is 1. The molecule has 0 radical (unpaired) electrons. The highest BCUT2D eigenvalue weighted by atomic mass is 79.9. The quantitative estimate of drug-likeness (QED) is 0.263. The van der Waals surface area contributed by atoms with E-state index in [1.807, 2.05) is 37.3 Å². The van der Waals surface area contributed by atoms with Crippen molar-refractivity contribution in [3.8, 4) is 5.75 Å². The highest BCUT2D eigenvalue weighted by Gasteiger charge is 2.76. The molecule has 43 heavy (non-hydrogen) atoms. The normalized spacial score (nSPS) is 27.1. The number of hydrogen-bond acceptors (Lipinski definition) is 6. The van der Waals surface area contributed by atoms with Crippen LogP contribution in [0, 0.1) is 11.8 Å². The van der Waals surface area contributed by atoms with Gasteiger partial charge in [0.15, 0.2) is 0 Å². The number of anilines is 1. The zero-order valence-electron chi connectivity index (χ0n) is 24.3. The van der Waals surface area contributed by atoms with Crippen molar-refractivity contribution >= 4 is 39.3 Å². The minimum atomic E-state index is -1.22. The zero-order chi connectivity index (χ0) is 30.7. The van der Waals surface area contributed by atoms with Crippen LogP contribution in [-0.4, -0.2) is 88.0 Å². The summed E-state index contributed by atoms with van der Waals surface area (Å²) in [6.07, 6.45) is 3.07. The first-order chi connectivity index (χ1) is 20.8. The third-order valence-corrected chi connectivity index (χ3v) is 9.41. The molecule has 3 heterocycles. The maximum Gasteiger partial charge on any atom is 0.248 e. The number of hydrogen-bond donors (Lipinski definition) is 1. The third kappa shape index (κ3) is 5.52. The number of alkyl halides is 1. The van der Waals surface area contributed by atoms with E-state index in [1.165, 1.54) is 4.90 Å². The number of ether oxygens (including phenoxy) is 2. The summed E-state index contributed by atoms with van der Waals surface area (Å²) in [6, 6.07) is 15.8. The summed E-state index contributed by atoms with van der Waals surface area (Å²) in [6.45, 7) is 10.6. The first kappa shape index (κ1) is 31.0. The Morgan fingerprint density at radius 1 is 1.12 bits per heavy atom. The Morgan fingerprint density at radius 3 is 2.44 bits per heavy atom. The van der Waals surface area contributed by atoms with Gasteiger partial charge in [0.1, 0.15) is 17.4 Å². The summed E-state index contributed by atoms with van der Waals surface area (Å²) < 4.78 is 12.2. The predicted octanol–water partition coefficient (Wildman–Crippen LogP) is 3.56. The number of rotatable bonds is 13. The van der Waals surface area contributed by atoms with Gasteiger partial charge in [0.25, 0.3) is 0 Å². The maximum absolute atomic E-state index is 14.4. The molecule has 10 heteroatoms. The van der Waals surface area contributed by atoms with E-state index in [4.69, 9.17) is 9.47 Å². The van der Waals surface area contributed by atoms with Gasteiger partial charge < -0.3 is 29.3 Å². The fraction of sp³-hybridized carbons (Fsp3) is 0.424. The Morgan fingerprint density at radius 2 is 1.81 bits per heavy atom. The Labute approximate surface area is 260 Å². The lowest BCUT2D eigenvalue weighted by atomic mass is 9.70. The lowest BCUT2D eigenvalue weighted by molar-refractivity contribution is -0.148. The first-order valence-electron chi connectivity index (χ1n) is 14.6. The van der Waals surface area contributed by atoms with E-state index in [1.54, 1.807) is 46.2 Å². The van der Waals surface area contributed by atoms with Crippen LogP contribution in [0.3, 0.4) is 0 Å². The number of benzene rings is 2. The van der Waals surface area contributed by atoms with Gasteiger partial charge in [0, 0.05) is 36.7 Å². The van der Waals surface area contributed by atoms with Crippen molar-refractivity contribution in [2.24, 2.45) is 11.8 Å². The highest BCUT2D eigenvalue weighted by Crippen LogP contribution is 2.60. The minimum absolute atomic E-state index is 0.0437. The van der Waals surface area contributed by atoms with Crippen LogP contribution < -0.4 is 9.64 Å². The number of carbonyl (C=O) groups excluding carboxylic acids is 3. The molecular formula is C33H38BrN3O6. The van der Waals surface area contributed by atoms with Gasteiger partial charge in [-0.25, -0.2) is 0 Å². The maximum atomic E-state index is 14.4. The van der Waals surface area contributed by atoms with Crippen LogP contribution in [-0.2, 0) is 25.7 Å². The number of carbonyl (C=O) groups is 3.